The highest BCUT2D eigenvalue weighted by Gasteiger charge is 2.24. The van der Waals surface area contributed by atoms with Crippen LogP contribution in [0, 0.1) is 5.92 Å². The first-order valence-corrected chi connectivity index (χ1v) is 12.2. The van der Waals surface area contributed by atoms with Crippen LogP contribution in [0.2, 0.25) is 0 Å². The Hall–Kier alpha value is -1.79. The number of hydrogen-bond acceptors (Lipinski definition) is 4. The summed E-state index contributed by atoms with van der Waals surface area (Å²) >= 11 is 0. The van der Waals surface area contributed by atoms with Crippen LogP contribution in [-0.4, -0.2) is 69.5 Å². The Morgan fingerprint density at radius 3 is 2.45 bits per heavy atom. The number of likely N-dealkylation sites (tertiary alicyclic amines) is 1. The van der Waals surface area contributed by atoms with Crippen molar-refractivity contribution in [3.8, 4) is 0 Å². The molecule has 6 nitrogen and oxygen atoms in total. The number of nitrogens with zero attached hydrogens (tertiary/aromatic N) is 3. The molecule has 4 rings (SSSR count). The second kappa shape index (κ2) is 11.2. The Bertz CT molecular complexity index is 686. The van der Waals surface area contributed by atoms with Gasteiger partial charge in [0.15, 0.2) is 5.96 Å². The number of hydrogen-bond donors (Lipinski definition) is 1. The summed E-state index contributed by atoms with van der Waals surface area (Å²) in [6.45, 7) is 9.15. The minimum Gasteiger partial charge on any atom is -0.376 e. The van der Waals surface area contributed by atoms with Crippen molar-refractivity contribution < 1.29 is 9.47 Å². The summed E-state index contributed by atoms with van der Waals surface area (Å²) < 4.78 is 11.8. The van der Waals surface area contributed by atoms with Crippen molar-refractivity contribution in [1.29, 1.82) is 0 Å². The molecule has 1 atom stereocenters. The SMILES string of the molecule is CN=C(NCc1ccc(N2CCC(C)CC2)cc1)N1CCC(OCC2CCCO2)CC1. The fourth-order valence-electron chi connectivity index (χ4n) is 4.86. The zero-order valence-electron chi connectivity index (χ0n) is 19.4. The molecule has 0 aliphatic carbocycles. The quantitative estimate of drug-likeness (QED) is 0.554. The normalized spacial score (nSPS) is 24.1. The molecular formula is C25H40N4O2. The van der Waals surface area contributed by atoms with Crippen LogP contribution >= 0.6 is 0 Å². The van der Waals surface area contributed by atoms with Crippen LogP contribution in [0.1, 0.15) is 51.0 Å². The van der Waals surface area contributed by atoms with Crippen LogP contribution in [0.3, 0.4) is 0 Å². The number of piperidine rings is 2. The molecule has 0 radical (unpaired) electrons. The largest absolute Gasteiger partial charge is 0.376 e. The molecular weight excluding hydrogens is 388 g/mol. The highest BCUT2D eigenvalue weighted by atomic mass is 16.5. The van der Waals surface area contributed by atoms with Gasteiger partial charge >= 0.3 is 0 Å². The van der Waals surface area contributed by atoms with Gasteiger partial charge in [-0.3, -0.25) is 4.99 Å². The van der Waals surface area contributed by atoms with Gasteiger partial charge in [0.1, 0.15) is 0 Å². The van der Waals surface area contributed by atoms with Crippen LogP contribution in [0.25, 0.3) is 0 Å². The average Bonchev–Trinajstić information content (AvgIpc) is 3.34. The van der Waals surface area contributed by atoms with Crippen molar-refractivity contribution in [2.45, 2.75) is 64.2 Å². The van der Waals surface area contributed by atoms with Crippen LogP contribution in [-0.2, 0) is 16.0 Å². The third kappa shape index (κ3) is 6.36. The number of nitrogens with one attached hydrogen (secondary N) is 1. The van der Waals surface area contributed by atoms with E-state index >= 15 is 0 Å². The summed E-state index contributed by atoms with van der Waals surface area (Å²) in [6.07, 6.45) is 7.70. The van der Waals surface area contributed by atoms with E-state index in [1.807, 2.05) is 7.05 Å². The first kappa shape index (κ1) is 22.4. The average molecular weight is 429 g/mol. The van der Waals surface area contributed by atoms with E-state index in [1.54, 1.807) is 0 Å². The lowest BCUT2D eigenvalue weighted by Crippen LogP contribution is -2.47. The number of rotatable bonds is 6. The smallest absolute Gasteiger partial charge is 0.193 e. The molecule has 1 N–H and O–H groups in total. The molecule has 3 fully saturated rings. The van der Waals surface area contributed by atoms with Crippen molar-refractivity contribution in [2.24, 2.45) is 10.9 Å². The first-order chi connectivity index (χ1) is 15.2. The monoisotopic (exact) mass is 428 g/mol. The van der Waals surface area contributed by atoms with E-state index in [0.717, 1.165) is 64.0 Å². The maximum atomic E-state index is 6.11. The molecule has 0 bridgehead atoms. The Balaban J connectivity index is 1.19. The predicted molar refractivity (Wildman–Crippen MR) is 127 cm³/mol. The molecule has 0 aromatic heterocycles. The van der Waals surface area contributed by atoms with E-state index in [4.69, 9.17) is 9.47 Å². The van der Waals surface area contributed by atoms with Crippen LogP contribution in [0.5, 0.6) is 0 Å². The van der Waals surface area contributed by atoms with E-state index < -0.39 is 0 Å². The molecule has 0 spiro atoms. The van der Waals surface area contributed by atoms with Gasteiger partial charge in [-0.1, -0.05) is 19.1 Å². The summed E-state index contributed by atoms with van der Waals surface area (Å²) in [6, 6.07) is 9.04. The molecule has 172 valence electrons. The van der Waals surface area contributed by atoms with Gasteiger partial charge < -0.3 is 24.6 Å². The molecule has 3 aliphatic rings. The van der Waals surface area contributed by atoms with E-state index in [-0.39, 0.29) is 0 Å². The van der Waals surface area contributed by atoms with E-state index in [2.05, 4.69) is 51.3 Å². The van der Waals surface area contributed by atoms with E-state index in [9.17, 15) is 0 Å². The maximum Gasteiger partial charge on any atom is 0.193 e. The van der Waals surface area contributed by atoms with Gasteiger partial charge in [-0.05, 0) is 62.1 Å². The Morgan fingerprint density at radius 2 is 1.81 bits per heavy atom. The van der Waals surface area contributed by atoms with Crippen molar-refractivity contribution in [3.05, 3.63) is 29.8 Å². The van der Waals surface area contributed by atoms with Crippen LogP contribution in [0.15, 0.2) is 29.3 Å². The maximum absolute atomic E-state index is 6.11. The standard InChI is InChI=1S/C25H40N4O2/c1-20-9-13-28(14-10-20)22-7-5-21(6-8-22)18-27-25(26-2)29-15-11-23(12-16-29)31-19-24-4-3-17-30-24/h5-8,20,23-24H,3-4,9-19H2,1-2H3,(H,26,27). The summed E-state index contributed by atoms with van der Waals surface area (Å²) in [7, 11) is 1.88. The second-order valence-corrected chi connectivity index (χ2v) is 9.39. The van der Waals surface area contributed by atoms with Gasteiger partial charge in [0.2, 0.25) is 0 Å². The molecule has 6 heteroatoms. The Labute approximate surface area is 188 Å². The Morgan fingerprint density at radius 1 is 1.06 bits per heavy atom. The molecule has 3 heterocycles. The number of ether oxygens (including phenoxy) is 2. The third-order valence-corrected chi connectivity index (χ3v) is 7.03. The van der Waals surface area contributed by atoms with Crippen molar-refractivity contribution in [1.82, 2.24) is 10.2 Å². The predicted octanol–water partition coefficient (Wildman–Crippen LogP) is 3.66. The summed E-state index contributed by atoms with van der Waals surface area (Å²) in [5, 5.41) is 3.55. The summed E-state index contributed by atoms with van der Waals surface area (Å²) in [5.41, 5.74) is 2.65. The minimum atomic E-state index is 0.317. The van der Waals surface area contributed by atoms with E-state index in [1.165, 1.54) is 43.6 Å². The molecule has 3 aliphatic heterocycles. The molecule has 3 saturated heterocycles. The fourth-order valence-corrected chi connectivity index (χ4v) is 4.86. The number of benzene rings is 1. The fraction of sp³-hybridized carbons (Fsp3) is 0.720. The highest BCUT2D eigenvalue weighted by Crippen LogP contribution is 2.23. The third-order valence-electron chi connectivity index (χ3n) is 7.03. The molecule has 1 unspecified atom stereocenters. The summed E-state index contributed by atoms with van der Waals surface area (Å²) in [4.78, 5) is 9.39. The molecule has 0 saturated carbocycles. The first-order valence-electron chi connectivity index (χ1n) is 12.2. The van der Waals surface area contributed by atoms with Crippen molar-refractivity contribution in [3.63, 3.8) is 0 Å². The van der Waals surface area contributed by atoms with Gasteiger partial charge in [-0.2, -0.15) is 0 Å². The van der Waals surface area contributed by atoms with Gasteiger partial charge in [-0.25, -0.2) is 0 Å². The van der Waals surface area contributed by atoms with Gasteiger partial charge in [0.05, 0.1) is 18.8 Å². The van der Waals surface area contributed by atoms with Crippen LogP contribution < -0.4 is 10.2 Å². The lowest BCUT2D eigenvalue weighted by Gasteiger charge is -2.34. The molecule has 0 amide bonds. The van der Waals surface area contributed by atoms with Gasteiger partial charge in [0, 0.05) is 52.1 Å². The number of anilines is 1. The van der Waals surface area contributed by atoms with Gasteiger partial charge in [-0.15, -0.1) is 0 Å². The molecule has 31 heavy (non-hydrogen) atoms. The topological polar surface area (TPSA) is 49.3 Å². The van der Waals surface area contributed by atoms with Crippen LogP contribution in [0.4, 0.5) is 5.69 Å². The lowest BCUT2D eigenvalue weighted by atomic mass is 9.99. The second-order valence-electron chi connectivity index (χ2n) is 9.39. The zero-order chi connectivity index (χ0) is 21.5. The zero-order valence-corrected chi connectivity index (χ0v) is 19.4. The van der Waals surface area contributed by atoms with E-state index in [0.29, 0.717) is 12.2 Å². The van der Waals surface area contributed by atoms with Gasteiger partial charge in [0.25, 0.3) is 0 Å². The number of aliphatic imine (C=N–C) groups is 1. The molecule has 1 aromatic rings. The number of guanidine groups is 1. The summed E-state index contributed by atoms with van der Waals surface area (Å²) in [5.74, 6) is 1.86. The van der Waals surface area contributed by atoms with Crippen molar-refractivity contribution in [2.75, 3.05) is 51.3 Å². The molecule has 1 aromatic carbocycles. The lowest BCUT2D eigenvalue weighted by molar-refractivity contribution is -0.0367. The Kier molecular flexibility index (Phi) is 8.09. The van der Waals surface area contributed by atoms with Crippen molar-refractivity contribution >= 4 is 11.6 Å². The highest BCUT2D eigenvalue weighted by molar-refractivity contribution is 5.80. The minimum absolute atomic E-state index is 0.317.